The summed E-state index contributed by atoms with van der Waals surface area (Å²) in [5.41, 5.74) is 2.75. The Balaban J connectivity index is 2.40. The summed E-state index contributed by atoms with van der Waals surface area (Å²) < 4.78 is 2.70. The van der Waals surface area contributed by atoms with Gasteiger partial charge in [-0.2, -0.15) is 16.4 Å². The molecule has 2 rings (SSSR count). The van der Waals surface area contributed by atoms with Gasteiger partial charge in [-0.25, -0.2) is 0 Å². The number of aliphatic hydroxyl groups excluding tert-OH is 1. The van der Waals surface area contributed by atoms with E-state index in [4.69, 9.17) is 0 Å². The second kappa shape index (κ2) is 4.69. The first kappa shape index (κ1) is 11.8. The summed E-state index contributed by atoms with van der Waals surface area (Å²) in [6, 6.07) is 0. The lowest BCUT2D eigenvalue weighted by Gasteiger charge is -2.09. The maximum Gasteiger partial charge on any atom is 0.109 e. The van der Waals surface area contributed by atoms with Crippen LogP contribution >= 0.6 is 27.3 Å². The highest BCUT2D eigenvalue weighted by Crippen LogP contribution is 2.32. The van der Waals surface area contributed by atoms with Crippen molar-refractivity contribution in [3.05, 3.63) is 38.3 Å². The van der Waals surface area contributed by atoms with Gasteiger partial charge in [0.2, 0.25) is 0 Å². The fourth-order valence-corrected chi connectivity index (χ4v) is 3.24. The molecule has 0 aliphatic heterocycles. The minimum absolute atomic E-state index is 0.593. The third kappa shape index (κ3) is 2.07. The summed E-state index contributed by atoms with van der Waals surface area (Å²) in [7, 11) is 1.87. The molecule has 0 bridgehead atoms. The molecule has 3 nitrogen and oxygen atoms in total. The van der Waals surface area contributed by atoms with Crippen LogP contribution in [0.4, 0.5) is 0 Å². The van der Waals surface area contributed by atoms with Crippen LogP contribution in [0.3, 0.4) is 0 Å². The highest BCUT2D eigenvalue weighted by Gasteiger charge is 2.19. The fraction of sp³-hybridized carbons (Fsp3) is 0.364. The molecule has 0 fully saturated rings. The van der Waals surface area contributed by atoms with Crippen molar-refractivity contribution >= 4 is 27.3 Å². The molecule has 0 aromatic carbocycles. The van der Waals surface area contributed by atoms with Gasteiger partial charge < -0.3 is 5.11 Å². The summed E-state index contributed by atoms with van der Waals surface area (Å²) in [5.74, 6) is 0. The SMILES string of the molecule is CCc1nn(C)cc1C(O)c1cscc1Br. The number of thiophene rings is 1. The number of halogens is 1. The molecule has 0 spiro atoms. The Morgan fingerprint density at radius 3 is 2.81 bits per heavy atom. The predicted octanol–water partition coefficient (Wildman–Crippen LogP) is 2.89. The van der Waals surface area contributed by atoms with Crippen LogP contribution in [0.1, 0.15) is 29.8 Å². The van der Waals surface area contributed by atoms with Gasteiger partial charge in [0, 0.05) is 34.2 Å². The Labute approximate surface area is 107 Å². The fourth-order valence-electron chi connectivity index (χ4n) is 1.71. The molecule has 1 N–H and O–H groups in total. The van der Waals surface area contributed by atoms with Crippen LogP contribution in [0.5, 0.6) is 0 Å². The minimum Gasteiger partial charge on any atom is -0.383 e. The monoisotopic (exact) mass is 300 g/mol. The van der Waals surface area contributed by atoms with Gasteiger partial charge in [0.25, 0.3) is 0 Å². The van der Waals surface area contributed by atoms with Crippen LogP contribution in [0.25, 0.3) is 0 Å². The van der Waals surface area contributed by atoms with Crippen LogP contribution in [-0.4, -0.2) is 14.9 Å². The van der Waals surface area contributed by atoms with E-state index in [1.54, 1.807) is 16.0 Å². The summed E-state index contributed by atoms with van der Waals surface area (Å²) >= 11 is 5.02. The van der Waals surface area contributed by atoms with Crippen molar-refractivity contribution in [2.75, 3.05) is 0 Å². The third-order valence-corrected chi connectivity index (χ3v) is 4.26. The summed E-state index contributed by atoms with van der Waals surface area (Å²) in [4.78, 5) is 0. The number of nitrogens with zero attached hydrogens (tertiary/aromatic N) is 2. The predicted molar refractivity (Wildman–Crippen MR) is 68.7 cm³/mol. The molecule has 5 heteroatoms. The van der Waals surface area contributed by atoms with E-state index in [9.17, 15) is 5.11 Å². The quantitative estimate of drug-likeness (QED) is 0.946. The molecule has 1 atom stereocenters. The van der Waals surface area contributed by atoms with E-state index >= 15 is 0 Å². The Morgan fingerprint density at radius 2 is 2.25 bits per heavy atom. The molecule has 0 aliphatic rings. The Morgan fingerprint density at radius 1 is 1.50 bits per heavy atom. The van der Waals surface area contributed by atoms with E-state index in [0.717, 1.165) is 27.7 Å². The van der Waals surface area contributed by atoms with Gasteiger partial charge in [0.05, 0.1) is 5.69 Å². The molecule has 0 saturated carbocycles. The summed E-state index contributed by atoms with van der Waals surface area (Å²) in [6.45, 7) is 2.04. The highest BCUT2D eigenvalue weighted by atomic mass is 79.9. The van der Waals surface area contributed by atoms with E-state index in [0.29, 0.717) is 0 Å². The Hall–Kier alpha value is -0.650. The lowest BCUT2D eigenvalue weighted by atomic mass is 10.0. The van der Waals surface area contributed by atoms with Gasteiger partial charge >= 0.3 is 0 Å². The third-order valence-electron chi connectivity index (χ3n) is 2.50. The van der Waals surface area contributed by atoms with Crippen LogP contribution in [0.15, 0.2) is 21.4 Å². The molecule has 0 radical (unpaired) electrons. The molecule has 0 aliphatic carbocycles. The van der Waals surface area contributed by atoms with Gasteiger partial charge in [-0.15, -0.1) is 0 Å². The van der Waals surface area contributed by atoms with E-state index in [1.165, 1.54) is 0 Å². The lowest BCUT2D eigenvalue weighted by molar-refractivity contribution is 0.219. The van der Waals surface area contributed by atoms with Gasteiger partial charge in [0.15, 0.2) is 0 Å². The van der Waals surface area contributed by atoms with Crippen molar-refractivity contribution in [2.45, 2.75) is 19.4 Å². The summed E-state index contributed by atoms with van der Waals surface area (Å²) in [6.07, 6.45) is 2.12. The van der Waals surface area contributed by atoms with E-state index < -0.39 is 6.10 Å². The largest absolute Gasteiger partial charge is 0.383 e. The first-order valence-corrected chi connectivity index (χ1v) is 6.79. The second-order valence-corrected chi connectivity index (χ2v) is 5.23. The van der Waals surface area contributed by atoms with Crippen LogP contribution in [-0.2, 0) is 13.5 Å². The van der Waals surface area contributed by atoms with Crippen molar-refractivity contribution in [1.29, 1.82) is 0 Å². The number of rotatable bonds is 3. The number of aromatic nitrogens is 2. The first-order valence-electron chi connectivity index (χ1n) is 5.05. The zero-order valence-electron chi connectivity index (χ0n) is 9.14. The highest BCUT2D eigenvalue weighted by molar-refractivity contribution is 9.10. The molecular weight excluding hydrogens is 288 g/mol. The van der Waals surface area contributed by atoms with Gasteiger partial charge in [-0.3, -0.25) is 4.68 Å². The van der Waals surface area contributed by atoms with Crippen molar-refractivity contribution in [2.24, 2.45) is 7.05 Å². The average Bonchev–Trinajstić information content (AvgIpc) is 2.83. The van der Waals surface area contributed by atoms with E-state index in [1.807, 2.05) is 30.9 Å². The number of hydrogen-bond acceptors (Lipinski definition) is 3. The zero-order chi connectivity index (χ0) is 11.7. The normalized spacial score (nSPS) is 13.0. The average molecular weight is 301 g/mol. The van der Waals surface area contributed by atoms with Gasteiger partial charge in [0.1, 0.15) is 6.10 Å². The topological polar surface area (TPSA) is 38.0 Å². The number of hydrogen-bond donors (Lipinski definition) is 1. The molecule has 0 saturated heterocycles. The van der Waals surface area contributed by atoms with Crippen LogP contribution in [0, 0.1) is 0 Å². The van der Waals surface area contributed by atoms with Crippen molar-refractivity contribution < 1.29 is 5.11 Å². The zero-order valence-corrected chi connectivity index (χ0v) is 11.5. The number of aryl methyl sites for hydroxylation is 2. The lowest BCUT2D eigenvalue weighted by Crippen LogP contribution is -2.00. The van der Waals surface area contributed by atoms with E-state index in [2.05, 4.69) is 21.0 Å². The maximum absolute atomic E-state index is 10.3. The number of aliphatic hydroxyl groups is 1. The standard InChI is InChI=1S/C11H13BrN2OS/c1-3-10-7(4-14(2)13-10)11(15)8-5-16-6-9(8)12/h4-6,11,15H,3H2,1-2H3. The molecule has 2 heterocycles. The van der Waals surface area contributed by atoms with Gasteiger partial charge in [-0.1, -0.05) is 6.92 Å². The Bertz CT molecular complexity index is 492. The molecule has 1 unspecified atom stereocenters. The molecule has 2 aromatic heterocycles. The first-order chi connectivity index (χ1) is 7.63. The molecule has 86 valence electrons. The van der Waals surface area contributed by atoms with E-state index in [-0.39, 0.29) is 0 Å². The molecule has 16 heavy (non-hydrogen) atoms. The minimum atomic E-state index is -0.593. The Kier molecular flexibility index (Phi) is 3.47. The molecule has 0 amide bonds. The summed E-state index contributed by atoms with van der Waals surface area (Å²) in [5, 5.41) is 18.6. The second-order valence-electron chi connectivity index (χ2n) is 3.64. The maximum atomic E-state index is 10.3. The molecular formula is C11H13BrN2OS. The smallest absolute Gasteiger partial charge is 0.109 e. The van der Waals surface area contributed by atoms with Crippen molar-refractivity contribution in [3.8, 4) is 0 Å². The van der Waals surface area contributed by atoms with Crippen LogP contribution < -0.4 is 0 Å². The van der Waals surface area contributed by atoms with Crippen molar-refractivity contribution in [3.63, 3.8) is 0 Å². The molecule has 2 aromatic rings. The van der Waals surface area contributed by atoms with Crippen molar-refractivity contribution in [1.82, 2.24) is 9.78 Å². The van der Waals surface area contributed by atoms with Crippen LogP contribution in [0.2, 0.25) is 0 Å². The van der Waals surface area contributed by atoms with Gasteiger partial charge in [-0.05, 0) is 27.7 Å².